The van der Waals surface area contributed by atoms with Crippen LogP contribution in [-0.4, -0.2) is 31.8 Å². The maximum absolute atomic E-state index is 13.0. The Balaban J connectivity index is 1.29. The first-order valence-electron chi connectivity index (χ1n) is 12.7. The first-order valence-corrected chi connectivity index (χ1v) is 13.5. The van der Waals surface area contributed by atoms with Crippen molar-refractivity contribution in [1.29, 1.82) is 0 Å². The van der Waals surface area contributed by atoms with E-state index >= 15 is 0 Å². The highest BCUT2D eigenvalue weighted by Gasteiger charge is 2.22. The van der Waals surface area contributed by atoms with Gasteiger partial charge in [0.2, 0.25) is 0 Å². The van der Waals surface area contributed by atoms with Crippen molar-refractivity contribution >= 4 is 44.9 Å². The van der Waals surface area contributed by atoms with E-state index in [1.54, 1.807) is 52.5 Å². The van der Waals surface area contributed by atoms with E-state index in [-0.39, 0.29) is 17.5 Å². The second kappa shape index (κ2) is 10.7. The van der Waals surface area contributed by atoms with E-state index in [0.29, 0.717) is 23.0 Å². The van der Waals surface area contributed by atoms with Crippen molar-refractivity contribution in [2.24, 2.45) is 0 Å². The molecule has 0 aliphatic carbocycles. The lowest BCUT2D eigenvalue weighted by Crippen LogP contribution is -2.21. The molecule has 0 bridgehead atoms. The third kappa shape index (κ3) is 6.35. The number of aromatic nitrogens is 4. The Kier molecular flexibility index (Phi) is 7.21. The molecule has 3 aromatic heterocycles. The van der Waals surface area contributed by atoms with E-state index in [1.165, 1.54) is 0 Å². The van der Waals surface area contributed by atoms with Crippen LogP contribution < -0.4 is 20.7 Å². The minimum atomic E-state index is -0.376. The van der Waals surface area contributed by atoms with Crippen LogP contribution in [0.4, 0.5) is 22.1 Å². The monoisotopic (exact) mass is 541 g/mol. The molecule has 5 rings (SSSR count). The molecule has 0 saturated carbocycles. The Morgan fingerprint density at radius 1 is 0.949 bits per heavy atom. The smallest absolute Gasteiger partial charge is 0.324 e. The Labute approximate surface area is 231 Å². The lowest BCUT2D eigenvalue weighted by molar-refractivity contribution is 0.262. The van der Waals surface area contributed by atoms with Crippen LogP contribution in [0.25, 0.3) is 15.9 Å². The van der Waals surface area contributed by atoms with Crippen LogP contribution in [0.15, 0.2) is 72.4 Å². The fraction of sp³-hybridized carbons (Fsp3) is 0.241. The van der Waals surface area contributed by atoms with Gasteiger partial charge >= 0.3 is 6.03 Å². The van der Waals surface area contributed by atoms with Crippen LogP contribution in [0.2, 0.25) is 0 Å². The quantitative estimate of drug-likeness (QED) is 0.198. The fourth-order valence-electron chi connectivity index (χ4n) is 3.88. The third-order valence-corrected chi connectivity index (χ3v) is 6.60. The number of amides is 2. The average molecular weight is 542 g/mol. The number of carbonyl (C=O) groups is 1. The largest absolute Gasteiger partial charge is 0.457 e. The molecular formula is C29H31N7O2S. The molecule has 5 aromatic rings. The van der Waals surface area contributed by atoms with Gasteiger partial charge in [-0.15, -0.1) is 11.3 Å². The SMILES string of the molecule is CC(C)Nc1cc(Oc2ccc(NC(=O)Nc3cc(C(C)(C)C)nn3-c3ccc4scnc4c3)cc2)ccn1. The molecule has 0 fully saturated rings. The molecule has 0 aliphatic heterocycles. The summed E-state index contributed by atoms with van der Waals surface area (Å²) in [5, 5.41) is 13.9. The first-order chi connectivity index (χ1) is 18.6. The molecule has 2 amide bonds. The highest BCUT2D eigenvalue weighted by Crippen LogP contribution is 2.29. The number of rotatable bonds is 7. The van der Waals surface area contributed by atoms with Crippen molar-refractivity contribution in [2.75, 3.05) is 16.0 Å². The van der Waals surface area contributed by atoms with Crippen LogP contribution in [0.5, 0.6) is 11.5 Å². The fourth-order valence-corrected chi connectivity index (χ4v) is 4.54. The second-order valence-corrected chi connectivity index (χ2v) is 11.3. The summed E-state index contributed by atoms with van der Waals surface area (Å²) in [5.74, 6) is 2.63. The predicted molar refractivity (Wildman–Crippen MR) is 158 cm³/mol. The van der Waals surface area contributed by atoms with Crippen molar-refractivity contribution in [2.45, 2.75) is 46.1 Å². The van der Waals surface area contributed by atoms with Gasteiger partial charge in [0.1, 0.15) is 23.1 Å². The summed E-state index contributed by atoms with van der Waals surface area (Å²) >= 11 is 1.59. The highest BCUT2D eigenvalue weighted by molar-refractivity contribution is 7.16. The molecule has 0 radical (unpaired) electrons. The zero-order chi connectivity index (χ0) is 27.6. The van der Waals surface area contributed by atoms with Crippen molar-refractivity contribution in [1.82, 2.24) is 19.7 Å². The van der Waals surface area contributed by atoms with Crippen LogP contribution in [0, 0.1) is 0 Å². The van der Waals surface area contributed by atoms with Gasteiger partial charge in [0.05, 0.1) is 27.1 Å². The van der Waals surface area contributed by atoms with E-state index in [2.05, 4.69) is 60.5 Å². The maximum atomic E-state index is 13.0. The minimum Gasteiger partial charge on any atom is -0.457 e. The number of urea groups is 1. The number of benzene rings is 2. The van der Waals surface area contributed by atoms with Crippen molar-refractivity contribution in [3.63, 3.8) is 0 Å². The predicted octanol–water partition coefficient (Wildman–Crippen LogP) is 7.43. The number of ether oxygens (including phenoxy) is 1. The minimum absolute atomic E-state index is 0.195. The molecule has 0 saturated heterocycles. The number of fused-ring (bicyclic) bond motifs is 1. The Bertz CT molecular complexity index is 1600. The van der Waals surface area contributed by atoms with Crippen LogP contribution >= 0.6 is 11.3 Å². The van der Waals surface area contributed by atoms with Crippen molar-refractivity contribution in [3.8, 4) is 17.2 Å². The van der Waals surface area contributed by atoms with Gasteiger partial charge in [0.25, 0.3) is 0 Å². The summed E-state index contributed by atoms with van der Waals surface area (Å²) in [6.07, 6.45) is 1.70. The molecule has 0 aliphatic rings. The molecule has 2 aromatic carbocycles. The van der Waals surface area contributed by atoms with Crippen LogP contribution in [0.1, 0.15) is 40.3 Å². The van der Waals surface area contributed by atoms with Gasteiger partial charge in [-0.05, 0) is 62.4 Å². The number of pyridine rings is 1. The lowest BCUT2D eigenvalue weighted by atomic mass is 9.92. The zero-order valence-electron chi connectivity index (χ0n) is 22.5. The number of thiazole rings is 1. The van der Waals surface area contributed by atoms with E-state index in [1.807, 2.05) is 35.8 Å². The number of hydrogen-bond acceptors (Lipinski definition) is 7. The normalized spacial score (nSPS) is 11.5. The molecule has 0 atom stereocenters. The van der Waals surface area contributed by atoms with Crippen LogP contribution in [-0.2, 0) is 5.41 Å². The van der Waals surface area contributed by atoms with Gasteiger partial charge in [-0.2, -0.15) is 5.10 Å². The summed E-state index contributed by atoms with van der Waals surface area (Å²) in [6.45, 7) is 10.4. The maximum Gasteiger partial charge on any atom is 0.324 e. The summed E-state index contributed by atoms with van der Waals surface area (Å²) in [5.41, 5.74) is 4.83. The topological polar surface area (TPSA) is 106 Å². The van der Waals surface area contributed by atoms with Crippen molar-refractivity contribution < 1.29 is 9.53 Å². The summed E-state index contributed by atoms with van der Waals surface area (Å²) < 4.78 is 8.79. The number of nitrogens with zero attached hydrogens (tertiary/aromatic N) is 4. The Morgan fingerprint density at radius 2 is 1.74 bits per heavy atom. The Hall–Kier alpha value is -4.44. The van der Waals surface area contributed by atoms with E-state index in [9.17, 15) is 4.79 Å². The average Bonchev–Trinajstić information content (AvgIpc) is 3.51. The van der Waals surface area contributed by atoms with Crippen LogP contribution in [0.3, 0.4) is 0 Å². The van der Waals surface area contributed by atoms with E-state index in [4.69, 9.17) is 9.84 Å². The first kappa shape index (κ1) is 26.2. The van der Waals surface area contributed by atoms with Gasteiger partial charge in [-0.1, -0.05) is 20.8 Å². The van der Waals surface area contributed by atoms with Gasteiger partial charge in [0, 0.05) is 35.5 Å². The van der Waals surface area contributed by atoms with E-state index in [0.717, 1.165) is 27.4 Å². The molecule has 3 heterocycles. The molecule has 200 valence electrons. The molecule has 0 spiro atoms. The molecule has 0 unspecified atom stereocenters. The molecular weight excluding hydrogens is 510 g/mol. The third-order valence-electron chi connectivity index (χ3n) is 5.79. The Morgan fingerprint density at radius 3 is 2.49 bits per heavy atom. The summed E-state index contributed by atoms with van der Waals surface area (Å²) in [6, 6.07) is 18.6. The summed E-state index contributed by atoms with van der Waals surface area (Å²) in [7, 11) is 0. The summed E-state index contributed by atoms with van der Waals surface area (Å²) in [4.78, 5) is 21.7. The van der Waals surface area contributed by atoms with Gasteiger partial charge in [0.15, 0.2) is 0 Å². The standard InChI is InChI=1S/C29H31N7O2S/c1-18(2)32-26-15-22(12-13-30-26)38-21-9-6-19(7-10-21)33-28(37)34-27-16-25(29(3,4)5)35-36(27)20-8-11-24-23(14-20)31-17-39-24/h6-18H,1-5H3,(H,30,32)(H2,33,34,37). The molecule has 3 N–H and O–H groups in total. The second-order valence-electron chi connectivity index (χ2n) is 10.5. The molecule has 39 heavy (non-hydrogen) atoms. The number of nitrogens with one attached hydrogen (secondary N) is 3. The number of anilines is 3. The molecule has 10 heteroatoms. The molecule has 9 nitrogen and oxygen atoms in total. The van der Waals surface area contributed by atoms with Crippen molar-refractivity contribution in [3.05, 3.63) is 78.1 Å². The van der Waals surface area contributed by atoms with Gasteiger partial charge < -0.3 is 15.4 Å². The zero-order valence-corrected chi connectivity index (χ0v) is 23.3. The number of hydrogen-bond donors (Lipinski definition) is 3. The lowest BCUT2D eigenvalue weighted by Gasteiger charge is -2.14. The van der Waals surface area contributed by atoms with Gasteiger partial charge in [-0.3, -0.25) is 5.32 Å². The number of carbonyl (C=O) groups excluding carboxylic acids is 1. The highest BCUT2D eigenvalue weighted by atomic mass is 32.1. The van der Waals surface area contributed by atoms with Gasteiger partial charge in [-0.25, -0.2) is 19.4 Å². The van der Waals surface area contributed by atoms with E-state index < -0.39 is 0 Å².